The fraction of sp³-hybridized carbons (Fsp3) is 0.562. The molecule has 1 saturated carbocycles. The first kappa shape index (κ1) is 30.8. The van der Waals surface area contributed by atoms with Gasteiger partial charge in [0.15, 0.2) is 0 Å². The Morgan fingerprint density at radius 1 is 1.10 bits per heavy atom. The van der Waals surface area contributed by atoms with Crippen LogP contribution in [0.25, 0.3) is 0 Å². The van der Waals surface area contributed by atoms with Crippen molar-refractivity contribution in [3.8, 4) is 5.75 Å². The van der Waals surface area contributed by atoms with Crippen LogP contribution in [0.2, 0.25) is 0 Å². The van der Waals surface area contributed by atoms with Crippen molar-refractivity contribution in [2.75, 3.05) is 26.2 Å². The van der Waals surface area contributed by atoms with Gasteiger partial charge < -0.3 is 25.0 Å². The fourth-order valence-electron chi connectivity index (χ4n) is 6.20. The van der Waals surface area contributed by atoms with Crippen molar-refractivity contribution in [3.05, 3.63) is 65.7 Å². The van der Waals surface area contributed by atoms with Crippen molar-refractivity contribution in [2.45, 2.75) is 71.1 Å². The van der Waals surface area contributed by atoms with E-state index in [0.717, 1.165) is 31.1 Å². The van der Waals surface area contributed by atoms with E-state index in [0.29, 0.717) is 37.5 Å². The number of carbonyl (C=O) groups is 2. The van der Waals surface area contributed by atoms with E-state index in [-0.39, 0.29) is 36.8 Å². The highest BCUT2D eigenvalue weighted by molar-refractivity contribution is 5.85. The van der Waals surface area contributed by atoms with E-state index in [1.165, 1.54) is 17.0 Å². The predicted molar refractivity (Wildman–Crippen MR) is 153 cm³/mol. The molecule has 1 aliphatic heterocycles. The molecule has 2 aliphatic rings. The third-order valence-electron chi connectivity index (χ3n) is 8.74. The van der Waals surface area contributed by atoms with Gasteiger partial charge in [0.1, 0.15) is 23.9 Å². The third kappa shape index (κ3) is 8.18. The molecule has 1 aliphatic carbocycles. The van der Waals surface area contributed by atoms with Crippen LogP contribution in [-0.4, -0.2) is 71.3 Å². The molecule has 3 amide bonds. The predicted octanol–water partition coefficient (Wildman–Crippen LogP) is 5.02. The highest BCUT2D eigenvalue weighted by Crippen LogP contribution is 2.38. The van der Waals surface area contributed by atoms with E-state index in [2.05, 4.69) is 19.2 Å². The van der Waals surface area contributed by atoms with Gasteiger partial charge in [-0.1, -0.05) is 39.0 Å². The number of para-hydroxylation sites is 1. The van der Waals surface area contributed by atoms with Gasteiger partial charge in [-0.05, 0) is 79.7 Å². The summed E-state index contributed by atoms with van der Waals surface area (Å²) < 4.78 is 34.5. The lowest BCUT2D eigenvalue weighted by molar-refractivity contribution is -0.134. The SMILES string of the molecule is CCCN1CCN(C(=O)N[C@@H](Cc2cc(F)cc(F)c2)C(O)[C@H]2C[C@@H](Oc3ccccc3)CC[C@@H](C)C2C)CC1=O. The Bertz CT molecular complexity index is 1150. The number of aliphatic hydroxyl groups excluding tert-OH is 1. The number of carbonyl (C=O) groups excluding carboxylic acids is 2. The third-order valence-corrected chi connectivity index (χ3v) is 8.74. The Morgan fingerprint density at radius 2 is 1.80 bits per heavy atom. The first-order chi connectivity index (χ1) is 19.6. The normalized spacial score (nSPS) is 24.9. The standard InChI is InChI=1S/C32H43F2N3O4/c1-4-12-36-13-14-37(20-30(36)38)32(40)35-29(17-23-15-24(33)18-25(34)16-23)31(39)28-19-27(11-10-21(2)22(28)3)41-26-8-6-5-7-9-26/h5-9,15-16,18,21-22,27-29,31,39H,4,10-14,17,19-20H2,1-3H3,(H,35,40)/t21-,22?,27+,28+,29+,31?/m1/s1. The second-order valence-corrected chi connectivity index (χ2v) is 11.7. The number of rotatable bonds is 9. The van der Waals surface area contributed by atoms with Gasteiger partial charge in [0.05, 0.1) is 18.2 Å². The van der Waals surface area contributed by atoms with Crippen molar-refractivity contribution >= 4 is 11.9 Å². The lowest BCUT2D eigenvalue weighted by Crippen LogP contribution is -2.58. The van der Waals surface area contributed by atoms with E-state index >= 15 is 0 Å². The lowest BCUT2D eigenvalue weighted by atomic mass is 9.76. The van der Waals surface area contributed by atoms with Crippen LogP contribution in [0.3, 0.4) is 0 Å². The maximum absolute atomic E-state index is 14.1. The average molecular weight is 572 g/mol. The van der Waals surface area contributed by atoms with Gasteiger partial charge in [-0.15, -0.1) is 0 Å². The van der Waals surface area contributed by atoms with Crippen molar-refractivity contribution in [3.63, 3.8) is 0 Å². The molecule has 1 heterocycles. The van der Waals surface area contributed by atoms with Gasteiger partial charge in [0.2, 0.25) is 5.91 Å². The van der Waals surface area contributed by atoms with E-state index in [1.54, 1.807) is 4.90 Å². The summed E-state index contributed by atoms with van der Waals surface area (Å²) >= 11 is 0. The Labute approximate surface area is 241 Å². The van der Waals surface area contributed by atoms with Gasteiger partial charge in [0, 0.05) is 25.7 Å². The topological polar surface area (TPSA) is 82.1 Å². The summed E-state index contributed by atoms with van der Waals surface area (Å²) in [6.07, 6.45) is 2.06. The van der Waals surface area contributed by atoms with Gasteiger partial charge in [-0.2, -0.15) is 0 Å². The van der Waals surface area contributed by atoms with E-state index < -0.39 is 29.8 Å². The molecule has 2 unspecified atom stereocenters. The molecule has 224 valence electrons. The van der Waals surface area contributed by atoms with Gasteiger partial charge in [-0.3, -0.25) is 4.79 Å². The summed E-state index contributed by atoms with van der Waals surface area (Å²) in [7, 11) is 0. The summed E-state index contributed by atoms with van der Waals surface area (Å²) in [4.78, 5) is 29.2. The molecule has 7 nitrogen and oxygen atoms in total. The summed E-state index contributed by atoms with van der Waals surface area (Å²) in [6.45, 7) is 7.68. The monoisotopic (exact) mass is 571 g/mol. The number of benzene rings is 2. The Balaban J connectivity index is 1.55. The number of piperazine rings is 1. The summed E-state index contributed by atoms with van der Waals surface area (Å²) in [5.41, 5.74) is 0.335. The van der Waals surface area contributed by atoms with Crippen LogP contribution >= 0.6 is 0 Å². The van der Waals surface area contributed by atoms with Crippen LogP contribution in [0.4, 0.5) is 13.6 Å². The van der Waals surface area contributed by atoms with Crippen LogP contribution in [0.15, 0.2) is 48.5 Å². The van der Waals surface area contributed by atoms with E-state index in [4.69, 9.17) is 4.74 Å². The Morgan fingerprint density at radius 3 is 2.46 bits per heavy atom. The van der Waals surface area contributed by atoms with Crippen molar-refractivity contribution in [2.24, 2.45) is 17.8 Å². The number of hydrogen-bond acceptors (Lipinski definition) is 4. The van der Waals surface area contributed by atoms with Crippen molar-refractivity contribution in [1.82, 2.24) is 15.1 Å². The van der Waals surface area contributed by atoms with Crippen molar-refractivity contribution in [1.29, 1.82) is 0 Å². The van der Waals surface area contributed by atoms with Crippen LogP contribution in [0, 0.1) is 29.4 Å². The second kappa shape index (κ2) is 14.1. The second-order valence-electron chi connectivity index (χ2n) is 11.7. The quantitative estimate of drug-likeness (QED) is 0.414. The van der Waals surface area contributed by atoms with Crippen LogP contribution < -0.4 is 10.1 Å². The molecule has 0 radical (unpaired) electrons. The highest BCUT2D eigenvalue weighted by atomic mass is 19.1. The van der Waals surface area contributed by atoms with Gasteiger partial charge >= 0.3 is 6.03 Å². The first-order valence-corrected chi connectivity index (χ1v) is 14.8. The fourth-order valence-corrected chi connectivity index (χ4v) is 6.20. The maximum atomic E-state index is 14.1. The van der Waals surface area contributed by atoms with Crippen LogP contribution in [0.5, 0.6) is 5.75 Å². The average Bonchev–Trinajstić information content (AvgIpc) is 3.07. The molecule has 0 spiro atoms. The number of nitrogens with one attached hydrogen (secondary N) is 1. The van der Waals surface area contributed by atoms with Crippen LogP contribution in [-0.2, 0) is 11.2 Å². The maximum Gasteiger partial charge on any atom is 0.318 e. The molecular weight excluding hydrogens is 528 g/mol. The van der Waals surface area contributed by atoms with Gasteiger partial charge in [0.25, 0.3) is 0 Å². The first-order valence-electron chi connectivity index (χ1n) is 14.8. The molecule has 2 N–H and O–H groups in total. The number of nitrogens with zero attached hydrogens (tertiary/aromatic N) is 2. The Kier molecular flexibility index (Phi) is 10.6. The highest BCUT2D eigenvalue weighted by Gasteiger charge is 2.40. The number of ether oxygens (including phenoxy) is 1. The molecule has 4 rings (SSSR count). The molecule has 2 aromatic rings. The molecule has 2 fully saturated rings. The zero-order valence-electron chi connectivity index (χ0n) is 24.3. The van der Waals surface area contributed by atoms with E-state index in [1.807, 2.05) is 37.3 Å². The van der Waals surface area contributed by atoms with Crippen LogP contribution in [0.1, 0.15) is 52.0 Å². The minimum atomic E-state index is -1.01. The lowest BCUT2D eigenvalue weighted by Gasteiger charge is -2.38. The largest absolute Gasteiger partial charge is 0.490 e. The number of hydrogen-bond donors (Lipinski definition) is 2. The minimum Gasteiger partial charge on any atom is -0.490 e. The molecule has 0 aromatic heterocycles. The molecule has 41 heavy (non-hydrogen) atoms. The zero-order valence-corrected chi connectivity index (χ0v) is 24.3. The summed E-state index contributed by atoms with van der Waals surface area (Å²) in [6, 6.07) is 11.5. The summed E-state index contributed by atoms with van der Waals surface area (Å²) in [5, 5.41) is 14.8. The Hall–Kier alpha value is -3.20. The zero-order chi connectivity index (χ0) is 29.5. The molecule has 9 heteroatoms. The molecular formula is C32H43F2N3O4. The summed E-state index contributed by atoms with van der Waals surface area (Å²) in [5.74, 6) is -0.629. The molecule has 0 bridgehead atoms. The number of amides is 3. The van der Waals surface area contributed by atoms with Crippen molar-refractivity contribution < 1.29 is 28.2 Å². The number of urea groups is 1. The number of halogens is 2. The molecule has 6 atom stereocenters. The number of aliphatic hydroxyl groups is 1. The molecule has 2 aromatic carbocycles. The van der Waals surface area contributed by atoms with Gasteiger partial charge in [-0.25, -0.2) is 13.6 Å². The molecule has 1 saturated heterocycles. The van der Waals surface area contributed by atoms with E-state index in [9.17, 15) is 23.5 Å². The minimum absolute atomic E-state index is 0.0349. The smallest absolute Gasteiger partial charge is 0.318 e.